The van der Waals surface area contributed by atoms with E-state index < -0.39 is 0 Å². The van der Waals surface area contributed by atoms with Crippen LogP contribution in [0.15, 0.2) is 23.1 Å². The first-order valence-corrected chi connectivity index (χ1v) is 6.95. The molecule has 1 aliphatic heterocycles. The van der Waals surface area contributed by atoms with Crippen molar-refractivity contribution in [3.05, 3.63) is 18.2 Å². The number of benzene rings is 1. The van der Waals surface area contributed by atoms with Crippen LogP contribution in [0.3, 0.4) is 0 Å². The van der Waals surface area contributed by atoms with Crippen LogP contribution in [0.1, 0.15) is 20.3 Å². The van der Waals surface area contributed by atoms with E-state index >= 15 is 0 Å². The number of hydrogen-bond acceptors (Lipinski definition) is 5. The van der Waals surface area contributed by atoms with Crippen LogP contribution >= 0.6 is 11.8 Å². The van der Waals surface area contributed by atoms with Crippen LogP contribution < -0.4 is 15.4 Å². The molecule has 2 N–H and O–H groups in total. The number of thioether (sulfide) groups is 1. The third-order valence-electron chi connectivity index (χ3n) is 2.50. The first kappa shape index (κ1) is 13.7. The lowest BCUT2D eigenvalue weighted by molar-refractivity contribution is -0.127. The van der Waals surface area contributed by atoms with Gasteiger partial charge in [-0.2, -0.15) is 0 Å². The van der Waals surface area contributed by atoms with E-state index in [9.17, 15) is 9.59 Å². The molecular weight excluding hydrogens is 264 g/mol. The van der Waals surface area contributed by atoms with E-state index in [1.165, 1.54) is 18.7 Å². The maximum atomic E-state index is 11.5. The quantitative estimate of drug-likeness (QED) is 0.807. The molecule has 1 atom stereocenters. The number of hydrogen-bond donors (Lipinski definition) is 2. The second-order valence-electron chi connectivity index (χ2n) is 4.18. The van der Waals surface area contributed by atoms with Gasteiger partial charge in [0, 0.05) is 4.90 Å². The molecule has 1 aliphatic rings. The Hall–Kier alpha value is -1.69. The predicted molar refractivity (Wildman–Crippen MR) is 74.3 cm³/mol. The molecule has 0 radical (unpaired) electrons. The van der Waals surface area contributed by atoms with Crippen LogP contribution in [0.4, 0.5) is 5.69 Å². The third-order valence-corrected chi connectivity index (χ3v) is 3.56. The molecule has 1 aromatic rings. The van der Waals surface area contributed by atoms with Crippen molar-refractivity contribution in [3.63, 3.8) is 0 Å². The van der Waals surface area contributed by atoms with E-state index in [1.807, 2.05) is 25.1 Å². The minimum atomic E-state index is -0.268. The number of ketones is 1. The fraction of sp³-hybridized carbons (Fsp3) is 0.385. The Balaban J connectivity index is 1.96. The van der Waals surface area contributed by atoms with E-state index in [4.69, 9.17) is 4.74 Å². The number of ether oxygens (including phenoxy) is 1. The van der Waals surface area contributed by atoms with Crippen molar-refractivity contribution < 1.29 is 14.3 Å². The highest BCUT2D eigenvalue weighted by molar-refractivity contribution is 8.00. The summed E-state index contributed by atoms with van der Waals surface area (Å²) in [6, 6.07) is 5.74. The molecule has 2 rings (SSSR count). The molecule has 102 valence electrons. The molecule has 0 spiro atoms. The third kappa shape index (κ3) is 3.64. The Labute approximate surface area is 116 Å². The summed E-state index contributed by atoms with van der Waals surface area (Å²) in [6.45, 7) is 3.96. The summed E-state index contributed by atoms with van der Waals surface area (Å²) < 4.78 is 5.43. The first-order valence-electron chi connectivity index (χ1n) is 6.07. The van der Waals surface area contributed by atoms with Crippen molar-refractivity contribution in [2.75, 3.05) is 11.9 Å². The van der Waals surface area contributed by atoms with Gasteiger partial charge < -0.3 is 15.4 Å². The Morgan fingerprint density at radius 1 is 1.47 bits per heavy atom. The second-order valence-corrected chi connectivity index (χ2v) is 5.33. The molecule has 0 saturated heterocycles. The normalized spacial score (nSPS) is 16.4. The number of carbonyl (C=O) groups excluding carboxylic acids is 2. The molecule has 0 unspecified atom stereocenters. The van der Waals surface area contributed by atoms with E-state index in [1.54, 1.807) is 0 Å². The highest BCUT2D eigenvalue weighted by atomic mass is 32.2. The van der Waals surface area contributed by atoms with Crippen molar-refractivity contribution in [1.29, 1.82) is 0 Å². The van der Waals surface area contributed by atoms with Gasteiger partial charge in [-0.05, 0) is 32.0 Å². The summed E-state index contributed by atoms with van der Waals surface area (Å²) in [4.78, 5) is 23.4. The van der Waals surface area contributed by atoms with Crippen LogP contribution in [0.25, 0.3) is 0 Å². The van der Waals surface area contributed by atoms with Gasteiger partial charge in [-0.3, -0.25) is 9.59 Å². The molecule has 1 heterocycles. The molecule has 1 aromatic carbocycles. The van der Waals surface area contributed by atoms with Crippen LogP contribution in [-0.4, -0.2) is 23.8 Å². The number of fused-ring (bicyclic) bond motifs is 1. The zero-order valence-corrected chi connectivity index (χ0v) is 11.7. The Morgan fingerprint density at radius 2 is 2.26 bits per heavy atom. The summed E-state index contributed by atoms with van der Waals surface area (Å²) in [5, 5.41) is 5.93. The van der Waals surface area contributed by atoms with E-state index in [2.05, 4.69) is 10.6 Å². The molecule has 0 aliphatic carbocycles. The van der Waals surface area contributed by atoms with Crippen molar-refractivity contribution in [2.45, 2.75) is 30.7 Å². The summed E-state index contributed by atoms with van der Waals surface area (Å²) in [6.07, 6.45) is -0.0840. The summed E-state index contributed by atoms with van der Waals surface area (Å²) in [5.41, 5.74) is 0.723. The standard InChI is InChI=1S/C13H16N2O3S/c1-3-18-9-4-5-10-11(7-9)19-13(14-10)15-12(17)6-8(2)16/h4-5,7,13-14H,3,6H2,1-2H3,(H,15,17)/t13-/m1/s1. The SMILES string of the molecule is CCOc1ccc2c(c1)S[C@@H](NC(=O)CC(C)=O)N2. The largest absolute Gasteiger partial charge is 0.494 e. The minimum Gasteiger partial charge on any atom is -0.494 e. The Morgan fingerprint density at radius 3 is 2.95 bits per heavy atom. The number of anilines is 1. The van der Waals surface area contributed by atoms with Gasteiger partial charge >= 0.3 is 0 Å². The maximum absolute atomic E-state index is 11.5. The number of amides is 1. The van der Waals surface area contributed by atoms with E-state index in [0.717, 1.165) is 16.3 Å². The van der Waals surface area contributed by atoms with Crippen LogP contribution in [0.5, 0.6) is 5.75 Å². The zero-order valence-electron chi connectivity index (χ0n) is 10.9. The van der Waals surface area contributed by atoms with Crippen molar-refractivity contribution >= 4 is 29.1 Å². The summed E-state index contributed by atoms with van der Waals surface area (Å²) >= 11 is 1.50. The highest BCUT2D eigenvalue weighted by Gasteiger charge is 2.23. The maximum Gasteiger partial charge on any atom is 0.229 e. The second kappa shape index (κ2) is 5.97. The molecule has 6 heteroatoms. The van der Waals surface area contributed by atoms with E-state index in [0.29, 0.717) is 6.61 Å². The predicted octanol–water partition coefficient (Wildman–Crippen LogP) is 1.98. The topological polar surface area (TPSA) is 67.4 Å². The van der Waals surface area contributed by atoms with Gasteiger partial charge in [0.15, 0.2) is 5.50 Å². The van der Waals surface area contributed by atoms with E-state index in [-0.39, 0.29) is 23.6 Å². The molecule has 0 fully saturated rings. The first-order chi connectivity index (χ1) is 9.08. The summed E-state index contributed by atoms with van der Waals surface area (Å²) in [7, 11) is 0. The van der Waals surface area contributed by atoms with Gasteiger partial charge in [-0.25, -0.2) is 0 Å². The molecule has 0 bridgehead atoms. The van der Waals surface area contributed by atoms with Crippen LogP contribution in [0, 0.1) is 0 Å². The average molecular weight is 280 g/mol. The molecule has 0 saturated carbocycles. The number of rotatable bonds is 5. The lowest BCUT2D eigenvalue weighted by atomic mass is 10.3. The molecule has 5 nitrogen and oxygen atoms in total. The fourth-order valence-electron chi connectivity index (χ4n) is 1.76. The lowest BCUT2D eigenvalue weighted by Gasteiger charge is -2.11. The van der Waals surface area contributed by atoms with Gasteiger partial charge in [-0.1, -0.05) is 11.8 Å². The fourth-order valence-corrected chi connectivity index (χ4v) is 2.83. The van der Waals surface area contributed by atoms with Crippen molar-refractivity contribution in [2.24, 2.45) is 0 Å². The van der Waals surface area contributed by atoms with Crippen molar-refractivity contribution in [3.8, 4) is 5.75 Å². The van der Waals surface area contributed by atoms with Crippen molar-refractivity contribution in [1.82, 2.24) is 5.32 Å². The number of nitrogens with one attached hydrogen (secondary N) is 2. The lowest BCUT2D eigenvalue weighted by Crippen LogP contribution is -2.36. The molecule has 1 amide bonds. The highest BCUT2D eigenvalue weighted by Crippen LogP contribution is 2.39. The van der Waals surface area contributed by atoms with Gasteiger partial charge in [0.05, 0.1) is 18.7 Å². The summed E-state index contributed by atoms with van der Waals surface area (Å²) in [5.74, 6) is 0.401. The van der Waals surface area contributed by atoms with Crippen LogP contribution in [0.2, 0.25) is 0 Å². The minimum absolute atomic E-state index is 0.0840. The number of Topliss-reactive ketones (excluding diaryl/α,β-unsaturated/α-hetero) is 1. The Bertz CT molecular complexity index is 505. The average Bonchev–Trinajstić information content (AvgIpc) is 2.69. The Kier molecular flexibility index (Phi) is 4.31. The molecule has 0 aromatic heterocycles. The number of carbonyl (C=O) groups is 2. The monoisotopic (exact) mass is 280 g/mol. The molecular formula is C13H16N2O3S. The van der Waals surface area contributed by atoms with Gasteiger partial charge in [0.25, 0.3) is 0 Å². The van der Waals surface area contributed by atoms with Gasteiger partial charge in [-0.15, -0.1) is 0 Å². The van der Waals surface area contributed by atoms with Gasteiger partial charge in [0.2, 0.25) is 5.91 Å². The zero-order chi connectivity index (χ0) is 13.8. The smallest absolute Gasteiger partial charge is 0.229 e. The van der Waals surface area contributed by atoms with Crippen LogP contribution in [-0.2, 0) is 9.59 Å². The van der Waals surface area contributed by atoms with Gasteiger partial charge in [0.1, 0.15) is 11.5 Å². The molecule has 19 heavy (non-hydrogen) atoms.